The van der Waals surface area contributed by atoms with E-state index in [0.29, 0.717) is 27.1 Å². The van der Waals surface area contributed by atoms with E-state index in [9.17, 15) is 10.1 Å². The minimum Gasteiger partial charge on any atom is -0.368 e. The molecule has 186 valence electrons. The number of primary amides is 1. The molecule has 1 fully saturated rings. The summed E-state index contributed by atoms with van der Waals surface area (Å²) in [5.74, 6) is 0.0936. The number of likely N-dealkylation sites (tertiary alicyclic amines) is 1. The van der Waals surface area contributed by atoms with Gasteiger partial charge in [-0.15, -0.1) is 0 Å². The molecule has 0 bridgehead atoms. The number of halogens is 2. The van der Waals surface area contributed by atoms with Crippen molar-refractivity contribution >= 4 is 45.8 Å². The van der Waals surface area contributed by atoms with Gasteiger partial charge in [0.2, 0.25) is 5.91 Å². The molecule has 1 saturated heterocycles. The first-order valence-electron chi connectivity index (χ1n) is 12.1. The molecule has 1 aliphatic heterocycles. The number of benzene rings is 1. The van der Waals surface area contributed by atoms with Crippen molar-refractivity contribution in [2.45, 2.75) is 57.7 Å². The van der Waals surface area contributed by atoms with Gasteiger partial charge in [-0.25, -0.2) is 14.6 Å². The van der Waals surface area contributed by atoms with Gasteiger partial charge in [-0.05, 0) is 68.3 Å². The maximum atomic E-state index is 11.9. The summed E-state index contributed by atoms with van der Waals surface area (Å²) in [4.78, 5) is 23.7. The van der Waals surface area contributed by atoms with E-state index < -0.39 is 0 Å². The number of rotatable bonds is 5. The van der Waals surface area contributed by atoms with Crippen molar-refractivity contribution in [2.24, 2.45) is 11.7 Å². The molecule has 3 heterocycles. The normalized spacial score (nSPS) is 23.4. The van der Waals surface area contributed by atoms with E-state index in [1.807, 2.05) is 13.0 Å². The summed E-state index contributed by atoms with van der Waals surface area (Å²) < 4.78 is 1.71. The average Bonchev–Trinajstić information content (AvgIpc) is 3.48. The third-order valence-corrected chi connectivity index (χ3v) is 8.03. The van der Waals surface area contributed by atoms with E-state index in [0.717, 1.165) is 49.1 Å². The lowest BCUT2D eigenvalue weighted by molar-refractivity contribution is -0.123. The Balaban J connectivity index is 1.49. The summed E-state index contributed by atoms with van der Waals surface area (Å²) in [5, 5.41) is 15.2. The van der Waals surface area contributed by atoms with Gasteiger partial charge in [-0.1, -0.05) is 42.3 Å². The predicted octanol–water partition coefficient (Wildman–Crippen LogP) is 4.75. The first-order valence-corrected chi connectivity index (χ1v) is 12.9. The monoisotopic (exact) mass is 523 g/mol. The molecule has 0 radical (unpaired) electrons. The van der Waals surface area contributed by atoms with Crippen molar-refractivity contribution in [3.8, 4) is 6.07 Å². The smallest absolute Gasteiger partial charge is 0.234 e. The van der Waals surface area contributed by atoms with Crippen molar-refractivity contribution < 1.29 is 4.79 Å². The van der Waals surface area contributed by atoms with Crippen LogP contribution < -0.4 is 5.73 Å². The molecule has 1 unspecified atom stereocenters. The Kier molecular flexibility index (Phi) is 6.73. The lowest BCUT2D eigenvalue weighted by Gasteiger charge is -2.38. The molecular formula is C26H27Cl2N7O. The van der Waals surface area contributed by atoms with E-state index in [4.69, 9.17) is 33.9 Å². The fraction of sp³-hybridized carbons (Fsp3) is 0.423. The van der Waals surface area contributed by atoms with Gasteiger partial charge < -0.3 is 5.73 Å². The Hall–Kier alpha value is -2.99. The molecular weight excluding hydrogens is 497 g/mol. The van der Waals surface area contributed by atoms with Crippen LogP contribution in [0.5, 0.6) is 0 Å². The van der Waals surface area contributed by atoms with Crippen molar-refractivity contribution in [1.82, 2.24) is 24.6 Å². The van der Waals surface area contributed by atoms with E-state index in [-0.39, 0.29) is 29.7 Å². The van der Waals surface area contributed by atoms with Gasteiger partial charge in [0.15, 0.2) is 11.3 Å². The maximum Gasteiger partial charge on any atom is 0.234 e. The molecule has 1 aromatic carbocycles. The van der Waals surface area contributed by atoms with Crippen LogP contribution in [0.1, 0.15) is 62.5 Å². The minimum atomic E-state index is -0.284. The standard InChI is InChI=1S/C26H27Cl2N7O/c1-14-10-16(5-8-22(14)34-9-3-4-23(34)25(30)36)21-13-31-24-20(12-29)33-35(26(24)32-21)15(2)18-7-6-17(27)11-19(18)28/h5-7,11,13-15,22-23H,3-4,8-10H2,1-2H3,(H2,30,36)/t14-,15+,22?,23-/m0/s1. The molecule has 2 aromatic heterocycles. The fourth-order valence-corrected chi connectivity index (χ4v) is 6.17. The van der Waals surface area contributed by atoms with Crippen molar-refractivity contribution in [3.05, 3.63) is 57.5 Å². The molecule has 5 rings (SSSR count). The van der Waals surface area contributed by atoms with Gasteiger partial charge in [0.1, 0.15) is 11.6 Å². The highest BCUT2D eigenvalue weighted by molar-refractivity contribution is 6.35. The largest absolute Gasteiger partial charge is 0.368 e. The molecule has 0 saturated carbocycles. The molecule has 8 nitrogen and oxygen atoms in total. The number of aromatic nitrogens is 4. The van der Waals surface area contributed by atoms with Crippen LogP contribution in [0.25, 0.3) is 16.7 Å². The number of fused-ring (bicyclic) bond motifs is 1. The number of carbonyl (C=O) groups excluding carboxylic acids is 1. The van der Waals surface area contributed by atoms with E-state index in [2.05, 4.69) is 34.1 Å². The molecule has 1 amide bonds. The number of amides is 1. The van der Waals surface area contributed by atoms with Gasteiger partial charge in [0.25, 0.3) is 0 Å². The highest BCUT2D eigenvalue weighted by Gasteiger charge is 2.37. The minimum absolute atomic E-state index is 0.177. The zero-order valence-corrected chi connectivity index (χ0v) is 21.7. The van der Waals surface area contributed by atoms with Crippen LogP contribution in [0.2, 0.25) is 10.0 Å². The van der Waals surface area contributed by atoms with Crippen LogP contribution in [0.3, 0.4) is 0 Å². The van der Waals surface area contributed by atoms with E-state index >= 15 is 0 Å². The van der Waals surface area contributed by atoms with Crippen molar-refractivity contribution in [1.29, 1.82) is 5.26 Å². The summed E-state index contributed by atoms with van der Waals surface area (Å²) >= 11 is 12.5. The van der Waals surface area contributed by atoms with Gasteiger partial charge >= 0.3 is 0 Å². The number of allylic oxidation sites excluding steroid dienone is 1. The third kappa shape index (κ3) is 4.36. The molecule has 1 aliphatic carbocycles. The molecule has 3 aromatic rings. The van der Waals surface area contributed by atoms with Crippen LogP contribution in [0.15, 0.2) is 30.5 Å². The summed E-state index contributed by atoms with van der Waals surface area (Å²) in [5.41, 5.74) is 9.57. The maximum absolute atomic E-state index is 11.9. The van der Waals surface area contributed by atoms with E-state index in [1.165, 1.54) is 0 Å². The van der Waals surface area contributed by atoms with E-state index in [1.54, 1.807) is 23.0 Å². The SMILES string of the molecule is C[C@H](c1ccc(Cl)cc1Cl)n1nc(C#N)c2ncc(C3=CCC(N4CCC[C@H]4C(N)=O)[C@@H](C)C3)nc21. The molecule has 2 N–H and O–H groups in total. The zero-order valence-electron chi connectivity index (χ0n) is 20.2. The first kappa shape index (κ1) is 24.7. The molecule has 10 heteroatoms. The lowest BCUT2D eigenvalue weighted by Crippen LogP contribution is -2.48. The van der Waals surface area contributed by atoms with Gasteiger partial charge in [-0.3, -0.25) is 9.69 Å². The van der Waals surface area contributed by atoms with Gasteiger partial charge in [0.05, 0.1) is 24.0 Å². The second kappa shape index (κ2) is 9.81. The molecule has 0 spiro atoms. The average molecular weight is 524 g/mol. The summed E-state index contributed by atoms with van der Waals surface area (Å²) in [6, 6.07) is 7.27. The lowest BCUT2D eigenvalue weighted by atomic mass is 9.83. The Bertz CT molecular complexity index is 1410. The quantitative estimate of drug-likeness (QED) is 0.516. The Morgan fingerprint density at radius 1 is 1.33 bits per heavy atom. The zero-order chi connectivity index (χ0) is 25.6. The topological polar surface area (TPSA) is 114 Å². The predicted molar refractivity (Wildman–Crippen MR) is 139 cm³/mol. The van der Waals surface area contributed by atoms with Crippen LogP contribution in [0, 0.1) is 17.2 Å². The Morgan fingerprint density at radius 3 is 2.83 bits per heavy atom. The molecule has 2 aliphatic rings. The first-order chi connectivity index (χ1) is 17.3. The summed E-state index contributed by atoms with van der Waals surface area (Å²) in [7, 11) is 0. The van der Waals surface area contributed by atoms with Crippen LogP contribution in [0.4, 0.5) is 0 Å². The number of hydrogen-bond donors (Lipinski definition) is 1. The highest BCUT2D eigenvalue weighted by Crippen LogP contribution is 2.37. The second-order valence-corrected chi connectivity index (χ2v) is 10.5. The van der Waals surface area contributed by atoms with Crippen molar-refractivity contribution in [2.75, 3.05) is 6.54 Å². The van der Waals surface area contributed by atoms with Gasteiger partial charge in [-0.2, -0.15) is 10.4 Å². The molecule has 36 heavy (non-hydrogen) atoms. The third-order valence-electron chi connectivity index (χ3n) is 7.47. The Morgan fingerprint density at radius 2 is 2.14 bits per heavy atom. The number of nitrogens with two attached hydrogens (primary N) is 1. The summed E-state index contributed by atoms with van der Waals surface area (Å²) in [6.45, 7) is 5.07. The van der Waals surface area contributed by atoms with Crippen LogP contribution in [-0.2, 0) is 4.79 Å². The molecule has 4 atom stereocenters. The second-order valence-electron chi connectivity index (χ2n) is 9.69. The number of nitrogens with zero attached hydrogens (tertiary/aromatic N) is 6. The highest BCUT2D eigenvalue weighted by atomic mass is 35.5. The fourth-order valence-electron chi connectivity index (χ4n) is 5.61. The van der Waals surface area contributed by atoms with Crippen LogP contribution >= 0.6 is 23.2 Å². The number of hydrogen-bond acceptors (Lipinski definition) is 6. The number of nitriles is 1. The summed E-state index contributed by atoms with van der Waals surface area (Å²) in [6.07, 6.45) is 7.37. The van der Waals surface area contributed by atoms with Crippen LogP contribution in [-0.4, -0.2) is 49.2 Å². The number of carbonyl (C=O) groups is 1. The van der Waals surface area contributed by atoms with Gasteiger partial charge in [0, 0.05) is 16.1 Å². The van der Waals surface area contributed by atoms with Crippen molar-refractivity contribution in [3.63, 3.8) is 0 Å². The Labute approximate surface area is 219 Å².